The number of aliphatic hydroxyl groups is 1. The number of fused-ring (bicyclic) bond motifs is 1. The molecule has 1 aliphatic rings. The van der Waals surface area contributed by atoms with Gasteiger partial charge >= 0.3 is 0 Å². The van der Waals surface area contributed by atoms with E-state index in [1.165, 1.54) is 5.56 Å². The van der Waals surface area contributed by atoms with Crippen LogP contribution < -0.4 is 5.32 Å². The summed E-state index contributed by atoms with van der Waals surface area (Å²) >= 11 is -0.906. The fourth-order valence-corrected chi connectivity index (χ4v) is 4.09. The van der Waals surface area contributed by atoms with Crippen LogP contribution in [0.25, 0.3) is 5.65 Å². The first-order chi connectivity index (χ1) is 11.8. The molecular formula is C16H22B2N4O2S. The molecule has 6 nitrogen and oxygen atoms in total. The van der Waals surface area contributed by atoms with Crippen molar-refractivity contribution >= 4 is 38.5 Å². The average molecular weight is 356 g/mol. The van der Waals surface area contributed by atoms with Crippen LogP contribution in [0.5, 0.6) is 0 Å². The van der Waals surface area contributed by atoms with Gasteiger partial charge in [0.2, 0.25) is 0 Å². The maximum absolute atomic E-state index is 11.6. The van der Waals surface area contributed by atoms with E-state index in [0.717, 1.165) is 37.3 Å². The molecule has 0 aromatic carbocycles. The second kappa shape index (κ2) is 7.23. The Bertz CT molecular complexity index is 740. The number of hydrogen-bond acceptors (Lipinski definition) is 5. The van der Waals surface area contributed by atoms with Gasteiger partial charge in [-0.15, -0.1) is 4.31 Å². The van der Waals surface area contributed by atoms with Crippen LogP contribution in [0.2, 0.25) is 0 Å². The summed E-state index contributed by atoms with van der Waals surface area (Å²) in [6.07, 6.45) is 6.36. The van der Waals surface area contributed by atoms with Crippen LogP contribution in [0.15, 0.2) is 18.3 Å². The molecule has 1 unspecified atom stereocenters. The molecule has 0 amide bonds. The van der Waals surface area contributed by atoms with Crippen LogP contribution in [0.1, 0.15) is 36.9 Å². The smallest absolute Gasteiger partial charge is 0.138 e. The number of pyridine rings is 1. The Morgan fingerprint density at radius 3 is 2.64 bits per heavy atom. The molecule has 25 heavy (non-hydrogen) atoms. The highest BCUT2D eigenvalue weighted by Crippen LogP contribution is 2.30. The van der Waals surface area contributed by atoms with Gasteiger partial charge in [-0.2, -0.15) is 0 Å². The lowest BCUT2D eigenvalue weighted by Gasteiger charge is -2.30. The van der Waals surface area contributed by atoms with Crippen molar-refractivity contribution < 1.29 is 9.66 Å². The van der Waals surface area contributed by atoms with E-state index in [-0.39, 0.29) is 0 Å². The Kier molecular flexibility index (Phi) is 5.39. The van der Waals surface area contributed by atoms with Gasteiger partial charge in [0, 0.05) is 36.2 Å². The van der Waals surface area contributed by atoms with E-state index in [4.69, 9.17) is 15.7 Å². The lowest BCUT2D eigenvalue weighted by atomic mass is 9.73. The van der Waals surface area contributed by atoms with Crippen molar-refractivity contribution in [2.45, 2.75) is 37.6 Å². The van der Waals surface area contributed by atoms with Crippen molar-refractivity contribution in [3.05, 3.63) is 29.6 Å². The number of nitrogens with one attached hydrogen (secondary N) is 1. The molecule has 1 aliphatic heterocycles. The number of hydrogen-bond donors (Lipinski definition) is 2. The topological polar surface area (TPSA) is 75.9 Å². The molecule has 130 valence electrons. The van der Waals surface area contributed by atoms with Crippen molar-refractivity contribution in [3.63, 3.8) is 0 Å². The molecule has 0 aliphatic carbocycles. The van der Waals surface area contributed by atoms with Crippen molar-refractivity contribution in [2.75, 3.05) is 24.7 Å². The van der Waals surface area contributed by atoms with E-state index >= 15 is 0 Å². The van der Waals surface area contributed by atoms with Crippen molar-refractivity contribution in [1.29, 1.82) is 0 Å². The normalized spacial score (nSPS) is 18.6. The van der Waals surface area contributed by atoms with Gasteiger partial charge in [0.25, 0.3) is 0 Å². The third-order valence-corrected chi connectivity index (χ3v) is 5.75. The van der Waals surface area contributed by atoms with Crippen molar-refractivity contribution in [1.82, 2.24) is 13.7 Å². The first-order valence-electron chi connectivity index (χ1n) is 8.46. The first kappa shape index (κ1) is 18.6. The Morgan fingerprint density at radius 1 is 1.40 bits per heavy atom. The van der Waals surface area contributed by atoms with Gasteiger partial charge in [-0.25, -0.2) is 4.98 Å². The Labute approximate surface area is 154 Å². The highest BCUT2D eigenvalue weighted by molar-refractivity contribution is 7.88. The van der Waals surface area contributed by atoms with E-state index in [1.807, 2.05) is 27.9 Å². The first-order valence-corrected chi connectivity index (χ1v) is 9.97. The van der Waals surface area contributed by atoms with Crippen LogP contribution >= 0.6 is 0 Å². The number of rotatable bonds is 5. The van der Waals surface area contributed by atoms with Gasteiger partial charge in [-0.05, 0) is 36.8 Å². The molecule has 0 spiro atoms. The van der Waals surface area contributed by atoms with Gasteiger partial charge in [0.1, 0.15) is 33.4 Å². The third kappa shape index (κ3) is 4.16. The second-order valence-electron chi connectivity index (χ2n) is 6.53. The molecule has 0 saturated carbocycles. The van der Waals surface area contributed by atoms with E-state index < -0.39 is 16.9 Å². The average Bonchev–Trinajstić information content (AvgIpc) is 2.90. The standard InChI is InChI=1S/C16H22B2N4O2S/c1-3-13-15(20-16(17,18)23)22-10-12(4-5-14(22)19-13)11-6-8-21(9-7-11)25(2)24/h4-5,10-11,20,23H,3,6-9H2,1-2H3. The molecule has 1 saturated heterocycles. The van der Waals surface area contributed by atoms with Crippen molar-refractivity contribution in [3.8, 4) is 0 Å². The number of anilines is 1. The number of piperidine rings is 1. The largest absolute Gasteiger partial charge is 0.598 e. The molecular weight excluding hydrogens is 334 g/mol. The van der Waals surface area contributed by atoms with Crippen LogP contribution in [0.4, 0.5) is 5.82 Å². The summed E-state index contributed by atoms with van der Waals surface area (Å²) in [4.78, 5) is 4.57. The molecule has 2 aromatic heterocycles. The van der Waals surface area contributed by atoms with Gasteiger partial charge in [-0.3, -0.25) is 4.40 Å². The van der Waals surface area contributed by atoms with E-state index in [0.29, 0.717) is 18.2 Å². The number of aromatic nitrogens is 2. The lowest BCUT2D eigenvalue weighted by Crippen LogP contribution is -2.39. The maximum atomic E-state index is 11.6. The quantitative estimate of drug-likeness (QED) is 0.469. The minimum Gasteiger partial charge on any atom is -0.598 e. The Hall–Kier alpha value is -1.15. The number of nitrogens with zero attached hydrogens (tertiary/aromatic N) is 3. The summed E-state index contributed by atoms with van der Waals surface area (Å²) in [7, 11) is 11.0. The molecule has 3 heterocycles. The summed E-state index contributed by atoms with van der Waals surface area (Å²) in [5, 5.41) is 12.5. The summed E-state index contributed by atoms with van der Waals surface area (Å²) in [5.41, 5.74) is 0.753. The SMILES string of the molecule is [B]C([B])(O)Nc1c(CC)nc2ccc(C3CCN([S+](C)[O-])CC3)cn12. The van der Waals surface area contributed by atoms with Crippen molar-refractivity contribution in [2.24, 2.45) is 0 Å². The van der Waals surface area contributed by atoms with Crippen LogP contribution in [0.3, 0.4) is 0 Å². The van der Waals surface area contributed by atoms with Crippen LogP contribution in [-0.4, -0.2) is 63.9 Å². The highest BCUT2D eigenvalue weighted by Gasteiger charge is 2.26. The zero-order chi connectivity index (χ0) is 18.2. The Balaban J connectivity index is 1.90. The molecule has 1 fully saturated rings. The maximum Gasteiger partial charge on any atom is 0.138 e. The Morgan fingerprint density at radius 2 is 2.08 bits per heavy atom. The zero-order valence-corrected chi connectivity index (χ0v) is 15.4. The molecule has 1 atom stereocenters. The van der Waals surface area contributed by atoms with Gasteiger partial charge in [-0.1, -0.05) is 13.0 Å². The number of aryl methyl sites for hydroxylation is 1. The summed E-state index contributed by atoms with van der Waals surface area (Å²) < 4.78 is 15.5. The summed E-state index contributed by atoms with van der Waals surface area (Å²) in [6, 6.07) is 4.06. The van der Waals surface area contributed by atoms with E-state index in [9.17, 15) is 9.66 Å². The minimum absolute atomic E-state index is 0.402. The molecule has 0 bridgehead atoms. The molecule has 3 rings (SSSR count). The molecule has 4 radical (unpaired) electrons. The molecule has 2 N–H and O–H groups in total. The second-order valence-corrected chi connectivity index (χ2v) is 7.89. The van der Waals surface area contributed by atoms with Crippen LogP contribution in [-0.2, 0) is 17.8 Å². The van der Waals surface area contributed by atoms with Gasteiger partial charge in [0.15, 0.2) is 0 Å². The fraction of sp³-hybridized carbons (Fsp3) is 0.562. The van der Waals surface area contributed by atoms with E-state index in [2.05, 4.69) is 16.4 Å². The minimum atomic E-state index is -2.01. The predicted octanol–water partition coefficient (Wildman–Crippen LogP) is 0.722. The van der Waals surface area contributed by atoms with E-state index in [1.54, 1.807) is 6.26 Å². The molecule has 2 aromatic rings. The monoisotopic (exact) mass is 356 g/mol. The van der Waals surface area contributed by atoms with Crippen LogP contribution in [0, 0.1) is 0 Å². The molecule has 9 heteroatoms. The lowest BCUT2D eigenvalue weighted by molar-refractivity contribution is 0.242. The summed E-state index contributed by atoms with van der Waals surface area (Å²) in [5.74, 6) is 1.01. The van der Waals surface area contributed by atoms with Gasteiger partial charge < -0.3 is 15.0 Å². The zero-order valence-electron chi connectivity index (χ0n) is 14.6. The van der Waals surface area contributed by atoms with Gasteiger partial charge in [0.05, 0.1) is 5.69 Å². The predicted molar refractivity (Wildman–Crippen MR) is 102 cm³/mol. The summed E-state index contributed by atoms with van der Waals surface area (Å²) in [6.45, 7) is 3.64. The highest BCUT2D eigenvalue weighted by atomic mass is 32.2. The fourth-order valence-electron chi connectivity index (χ4n) is 3.37. The third-order valence-electron chi connectivity index (χ3n) is 4.66. The number of imidazole rings is 1.